The number of phosphoric acid groups is 1. The molecule has 0 bridgehead atoms. The molecule has 46 heteroatoms. The van der Waals surface area contributed by atoms with E-state index in [0.717, 1.165) is 6.92 Å². The Morgan fingerprint density at radius 2 is 0.906 bits per heavy atom. The lowest BCUT2D eigenvalue weighted by Crippen LogP contribution is -2.71. The van der Waals surface area contributed by atoms with E-state index < -0.39 is 312 Å². The van der Waals surface area contributed by atoms with Crippen molar-refractivity contribution in [3.63, 3.8) is 0 Å². The van der Waals surface area contributed by atoms with Gasteiger partial charge in [0.15, 0.2) is 37.7 Å². The Balaban J connectivity index is 1.30. The Morgan fingerprint density at radius 1 is 0.490 bits per heavy atom. The molecule has 0 aromatic heterocycles. The van der Waals surface area contributed by atoms with Gasteiger partial charge in [0.25, 0.3) is 5.79 Å². The number of phosphoric ester groups is 1. The average Bonchev–Trinajstić information content (AvgIpc) is 0.762. The third-order valence-electron chi connectivity index (χ3n) is 16.8. The van der Waals surface area contributed by atoms with Gasteiger partial charge in [-0.2, -0.15) is 0 Å². The number of rotatable bonds is 29. The third-order valence-corrected chi connectivity index (χ3v) is 17.8. The van der Waals surface area contributed by atoms with Crippen molar-refractivity contribution in [2.24, 2.45) is 5.73 Å². The molecule has 0 aromatic rings. The van der Waals surface area contributed by atoms with Gasteiger partial charge in [0, 0.05) is 19.9 Å². The minimum absolute atomic E-state index is 0.470. The maximum Gasteiger partial charge on any atom is 0.472 e. The maximum absolute atomic E-state index is 13.7. The molecule has 560 valence electrons. The molecule has 28 N–H and O–H groups in total. The molecular formula is C50H87N2O43P. The second kappa shape index (κ2) is 34.7. The standard InChI is InChI=1S/C50H87N2O43P/c1-12(60)52-21-24(67)22(65)17(8-56)82-43(21)93-42-40(95-96(79,80)81-3-2-51)31(74)33(14(62)5-53)86-48(42)91-39-32(75)47(87-34-13(61)4-50(78,49(76)77)94-36(34)16(64)7-55)88-35(15(63)6-54)41(39)92-46-30(73)27(70)38(20(11-59)85-46)90-45-29(72)26(69)37(19(10-58)84-45)89-44-28(71)25(68)23(66)18(9-57)83-44/h13-48,53-59,61-75,78H,2-11,51H2,1H3,(H,52,60)(H,76,77)(H,79,80)/t13-,14+,15+,16-,17-,18-,19-,20-,21-,22-,23+,24-,25+,26-,27-,28-,29-,30-,31-,32+,33-,34-,35-,36-,37+,38-,39-,40+,41-,42+,43-,44-,45+,46+,47+,48-,50-/m1/s1. The summed E-state index contributed by atoms with van der Waals surface area (Å²) in [6.07, 6.45) is -81.2. The summed E-state index contributed by atoms with van der Waals surface area (Å²) in [5, 5.41) is 264. The molecule has 0 saturated carbocycles. The number of aliphatic carboxylic acids is 1. The molecule has 1 unspecified atom stereocenters. The Morgan fingerprint density at radius 3 is 1.40 bits per heavy atom. The van der Waals surface area contributed by atoms with Crippen molar-refractivity contribution in [1.29, 1.82) is 0 Å². The first-order valence-electron chi connectivity index (χ1n) is 29.8. The molecule has 7 fully saturated rings. The van der Waals surface area contributed by atoms with Gasteiger partial charge in [0.1, 0.15) is 177 Å². The first kappa shape index (κ1) is 80.9. The number of nitrogens with one attached hydrogen (secondary N) is 1. The lowest BCUT2D eigenvalue weighted by Gasteiger charge is -2.53. The first-order valence-corrected chi connectivity index (χ1v) is 31.3. The number of carbonyl (C=O) groups is 2. The summed E-state index contributed by atoms with van der Waals surface area (Å²) in [5.41, 5.74) is 5.48. The van der Waals surface area contributed by atoms with E-state index in [2.05, 4.69) is 5.32 Å². The highest BCUT2D eigenvalue weighted by Crippen LogP contribution is 2.49. The van der Waals surface area contributed by atoms with Crippen molar-refractivity contribution in [3.8, 4) is 0 Å². The normalized spacial score (nSPS) is 47.3. The molecule has 7 aliphatic rings. The zero-order valence-corrected chi connectivity index (χ0v) is 51.3. The van der Waals surface area contributed by atoms with Crippen molar-refractivity contribution in [2.75, 3.05) is 59.4 Å². The number of carboxylic acid groups (broad SMARTS) is 1. The fourth-order valence-electron chi connectivity index (χ4n) is 11.7. The number of hydrogen-bond donors (Lipinski definition) is 27. The van der Waals surface area contributed by atoms with E-state index in [1.165, 1.54) is 0 Å². The topological polar surface area (TPSA) is 733 Å². The smallest absolute Gasteiger partial charge is 0.472 e. The molecule has 0 spiro atoms. The Bertz CT molecular complexity index is 2470. The fraction of sp³-hybridized carbons (Fsp3) is 0.960. The van der Waals surface area contributed by atoms with Crippen molar-refractivity contribution in [2.45, 2.75) is 240 Å². The van der Waals surface area contributed by atoms with Crippen LogP contribution in [0.25, 0.3) is 0 Å². The van der Waals surface area contributed by atoms with Gasteiger partial charge < -0.3 is 200 Å². The van der Waals surface area contributed by atoms with Gasteiger partial charge >= 0.3 is 13.8 Å². The number of hydrogen-bond acceptors (Lipinski definition) is 42. The second-order valence-electron chi connectivity index (χ2n) is 23.4. The van der Waals surface area contributed by atoms with Crippen LogP contribution in [0.2, 0.25) is 0 Å². The SMILES string of the molecule is CC(=O)N[C@H]1[C@@H](O[C@@H]2[C@@H](O[C@@H]3[C@H](O)[C@@H](O[C@H]4[C@@H]([C@H](O)CO)O[C@@](O)(C(=O)O)C[C@H]4O)O[C@H]([C@@H](O)CO)[C@H]3O[C@@H]3O[C@H](CO)[C@@H](O[C@@H]4O[C@H](CO)[C@H](O[C@H]5O[C@H](CO)[C@H](O)[C@H](O)[C@H]5O)[C@H](O)[C@H]4O)[C@H](O)[C@H]3O)O[C@H]([C@@H](O)CO)[C@@H](O)[C@@H]2OP(=O)(O)OCCN)O[C@H](CO)[C@@H](O)[C@@H]1O. The predicted molar refractivity (Wildman–Crippen MR) is 290 cm³/mol. The highest BCUT2D eigenvalue weighted by atomic mass is 31.2. The van der Waals surface area contributed by atoms with Crippen LogP contribution in [0.1, 0.15) is 13.3 Å². The van der Waals surface area contributed by atoms with Crippen LogP contribution in [-0.2, 0) is 84.8 Å². The van der Waals surface area contributed by atoms with E-state index in [1.807, 2.05) is 0 Å². The van der Waals surface area contributed by atoms with E-state index >= 15 is 0 Å². The van der Waals surface area contributed by atoms with Crippen LogP contribution >= 0.6 is 7.82 Å². The zero-order valence-electron chi connectivity index (χ0n) is 50.4. The maximum atomic E-state index is 13.7. The number of carboxylic acids is 1. The minimum atomic E-state index is -5.63. The summed E-state index contributed by atoms with van der Waals surface area (Å²) in [6.45, 7) is -8.90. The quantitative estimate of drug-likeness (QED) is 0.0309. The van der Waals surface area contributed by atoms with Crippen LogP contribution < -0.4 is 11.1 Å². The van der Waals surface area contributed by atoms with Crippen LogP contribution in [0.15, 0.2) is 0 Å². The van der Waals surface area contributed by atoms with Gasteiger partial charge in [-0.25, -0.2) is 9.36 Å². The number of aliphatic hydroxyl groups is 23. The lowest BCUT2D eigenvalue weighted by molar-refractivity contribution is -0.414. The molecule has 38 atom stereocenters. The van der Waals surface area contributed by atoms with Crippen LogP contribution in [0.4, 0.5) is 0 Å². The highest BCUT2D eigenvalue weighted by Gasteiger charge is 2.62. The van der Waals surface area contributed by atoms with Crippen molar-refractivity contribution in [1.82, 2.24) is 5.32 Å². The van der Waals surface area contributed by atoms with Crippen LogP contribution in [0.5, 0.6) is 0 Å². The van der Waals surface area contributed by atoms with Gasteiger partial charge in [-0.15, -0.1) is 0 Å². The summed E-state index contributed by atoms with van der Waals surface area (Å²) in [6, 6.07) is -1.97. The third kappa shape index (κ3) is 17.8. The summed E-state index contributed by atoms with van der Waals surface area (Å²) in [4.78, 5) is 35.8. The summed E-state index contributed by atoms with van der Waals surface area (Å²) >= 11 is 0. The number of nitrogens with two attached hydrogens (primary N) is 1. The lowest BCUT2D eigenvalue weighted by atomic mass is 9.91. The van der Waals surface area contributed by atoms with Crippen LogP contribution in [-0.4, -0.2) is 425 Å². The predicted octanol–water partition coefficient (Wildman–Crippen LogP) is -17.5. The second-order valence-corrected chi connectivity index (χ2v) is 24.8. The summed E-state index contributed by atoms with van der Waals surface area (Å²) < 4.78 is 99.3. The van der Waals surface area contributed by atoms with E-state index in [-0.39, 0.29) is 0 Å². The Kier molecular flexibility index (Phi) is 29.2. The first-order chi connectivity index (χ1) is 45.2. The molecule has 45 nitrogen and oxygen atoms in total. The number of carbonyl (C=O) groups excluding carboxylic acids is 1. The molecule has 7 heterocycles. The Hall–Kier alpha value is -2.43. The summed E-state index contributed by atoms with van der Waals surface area (Å²) in [5.74, 6) is -6.45. The van der Waals surface area contributed by atoms with E-state index in [1.54, 1.807) is 0 Å². The minimum Gasteiger partial charge on any atom is -0.477 e. The largest absolute Gasteiger partial charge is 0.477 e. The molecule has 7 saturated heterocycles. The Labute approximate surface area is 541 Å². The zero-order chi connectivity index (χ0) is 71.3. The number of amides is 1. The van der Waals surface area contributed by atoms with Crippen LogP contribution in [0.3, 0.4) is 0 Å². The molecule has 7 rings (SSSR count). The van der Waals surface area contributed by atoms with Gasteiger partial charge in [-0.05, 0) is 0 Å². The van der Waals surface area contributed by atoms with E-state index in [0.29, 0.717) is 0 Å². The molecule has 0 radical (unpaired) electrons. The monoisotopic (exact) mass is 1430 g/mol. The van der Waals surface area contributed by atoms with Gasteiger partial charge in [0.2, 0.25) is 5.91 Å². The molecule has 7 aliphatic heterocycles. The highest BCUT2D eigenvalue weighted by molar-refractivity contribution is 7.47. The van der Waals surface area contributed by atoms with Gasteiger partial charge in [-0.3, -0.25) is 13.8 Å². The van der Waals surface area contributed by atoms with E-state index in [9.17, 15) is 142 Å². The van der Waals surface area contributed by atoms with Gasteiger partial charge in [0.05, 0.1) is 59.0 Å². The van der Waals surface area contributed by atoms with Crippen molar-refractivity contribution in [3.05, 3.63) is 0 Å². The molecule has 1 amide bonds. The van der Waals surface area contributed by atoms with Crippen molar-refractivity contribution < 1.29 is 212 Å². The number of aliphatic hydroxyl groups excluding tert-OH is 22. The average molecular weight is 1440 g/mol. The summed E-state index contributed by atoms with van der Waals surface area (Å²) in [7, 11) is -5.63. The molecular weight excluding hydrogens is 1350 g/mol. The number of ether oxygens (including phenoxy) is 13. The molecule has 0 aromatic carbocycles. The van der Waals surface area contributed by atoms with E-state index in [4.69, 9.17) is 76.4 Å². The molecule has 96 heavy (non-hydrogen) atoms. The van der Waals surface area contributed by atoms with Gasteiger partial charge in [-0.1, -0.05) is 0 Å². The fourth-order valence-corrected chi connectivity index (χ4v) is 12.7. The van der Waals surface area contributed by atoms with Crippen molar-refractivity contribution >= 4 is 19.7 Å². The van der Waals surface area contributed by atoms with Crippen LogP contribution in [0, 0.1) is 0 Å². The molecule has 0 aliphatic carbocycles.